The van der Waals surface area contributed by atoms with Crippen LogP contribution in [0, 0.1) is 13.8 Å². The van der Waals surface area contributed by atoms with Crippen molar-refractivity contribution in [3.05, 3.63) is 27.9 Å². The van der Waals surface area contributed by atoms with Gasteiger partial charge in [0.1, 0.15) is 0 Å². The third kappa shape index (κ3) is 1.84. The standard InChI is InChI=1S/C6H8N2O.ClH/c1-4-3-7-6(9)8-5(4)2;/h3H,1-2H3,(H,7,8,9);1H. The summed E-state index contributed by atoms with van der Waals surface area (Å²) in [6.07, 6.45) is 1.56. The summed E-state index contributed by atoms with van der Waals surface area (Å²) in [5.41, 5.74) is 1.61. The zero-order valence-corrected chi connectivity index (χ0v) is 6.66. The van der Waals surface area contributed by atoms with Crippen LogP contribution in [0.2, 0.25) is 0 Å². The number of hydrogen-bond donors (Lipinski definition) is 1. The van der Waals surface area contributed by atoms with E-state index >= 15 is 0 Å². The Balaban J connectivity index is 0.000000810. The van der Waals surface area contributed by atoms with E-state index in [1.807, 2.05) is 13.8 Å². The van der Waals surface area contributed by atoms with E-state index in [0.29, 0.717) is 0 Å². The zero-order valence-electron chi connectivity index (χ0n) is 5.84. The van der Waals surface area contributed by atoms with Gasteiger partial charge in [-0.15, -0.1) is 12.4 Å². The summed E-state index contributed by atoms with van der Waals surface area (Å²) < 4.78 is 0. The minimum atomic E-state index is -0.280. The molecule has 1 aromatic heterocycles. The van der Waals surface area contributed by atoms with E-state index in [-0.39, 0.29) is 18.1 Å². The monoisotopic (exact) mass is 160 g/mol. The van der Waals surface area contributed by atoms with Crippen molar-refractivity contribution in [2.45, 2.75) is 13.8 Å². The molecule has 0 aliphatic carbocycles. The van der Waals surface area contributed by atoms with Gasteiger partial charge in [-0.2, -0.15) is 0 Å². The van der Waals surface area contributed by atoms with Crippen LogP contribution < -0.4 is 5.69 Å². The van der Waals surface area contributed by atoms with Gasteiger partial charge in [-0.25, -0.2) is 9.78 Å². The summed E-state index contributed by atoms with van der Waals surface area (Å²) in [7, 11) is 0. The highest BCUT2D eigenvalue weighted by Crippen LogP contribution is 1.93. The fraction of sp³-hybridized carbons (Fsp3) is 0.333. The SMILES string of the molecule is Cc1cnc(=O)[nH]c1C.Cl. The molecule has 0 unspecified atom stereocenters. The molecule has 4 heteroatoms. The molecule has 1 aromatic rings. The summed E-state index contributed by atoms with van der Waals surface area (Å²) in [5, 5.41) is 0. The molecule has 0 fully saturated rings. The van der Waals surface area contributed by atoms with Crippen LogP contribution in [0.3, 0.4) is 0 Å². The molecule has 0 atom stereocenters. The summed E-state index contributed by atoms with van der Waals surface area (Å²) in [4.78, 5) is 16.6. The third-order valence-corrected chi connectivity index (χ3v) is 1.26. The molecule has 0 radical (unpaired) electrons. The molecular weight excluding hydrogens is 152 g/mol. The molecule has 10 heavy (non-hydrogen) atoms. The smallest absolute Gasteiger partial charge is 0.310 e. The van der Waals surface area contributed by atoms with Crippen molar-refractivity contribution < 1.29 is 0 Å². The Kier molecular flexibility index (Phi) is 3.09. The van der Waals surface area contributed by atoms with E-state index in [1.165, 1.54) is 0 Å². The van der Waals surface area contributed by atoms with Crippen molar-refractivity contribution in [1.82, 2.24) is 9.97 Å². The van der Waals surface area contributed by atoms with Crippen LogP contribution >= 0.6 is 12.4 Å². The van der Waals surface area contributed by atoms with E-state index in [2.05, 4.69) is 9.97 Å². The molecule has 56 valence electrons. The van der Waals surface area contributed by atoms with Crippen LogP contribution in [0.4, 0.5) is 0 Å². The Bertz CT molecular complexity index is 269. The maximum absolute atomic E-state index is 10.5. The number of aromatic amines is 1. The lowest BCUT2D eigenvalue weighted by Crippen LogP contribution is -2.11. The van der Waals surface area contributed by atoms with Crippen molar-refractivity contribution in [3.8, 4) is 0 Å². The van der Waals surface area contributed by atoms with Gasteiger partial charge in [0.2, 0.25) is 0 Å². The van der Waals surface area contributed by atoms with Gasteiger partial charge in [-0.3, -0.25) is 0 Å². The first kappa shape index (κ1) is 9.17. The van der Waals surface area contributed by atoms with Gasteiger partial charge in [0, 0.05) is 11.9 Å². The van der Waals surface area contributed by atoms with Crippen LogP contribution in [0.1, 0.15) is 11.3 Å². The van der Waals surface area contributed by atoms with Gasteiger partial charge >= 0.3 is 5.69 Å². The average Bonchev–Trinajstić information content (AvgIpc) is 1.80. The number of aromatic nitrogens is 2. The first-order chi connectivity index (χ1) is 4.20. The second-order valence-electron chi connectivity index (χ2n) is 2.00. The first-order valence-electron chi connectivity index (χ1n) is 2.72. The van der Waals surface area contributed by atoms with Crippen LogP contribution in [0.15, 0.2) is 11.0 Å². The zero-order chi connectivity index (χ0) is 6.85. The Morgan fingerprint density at radius 1 is 1.50 bits per heavy atom. The van der Waals surface area contributed by atoms with Gasteiger partial charge < -0.3 is 4.98 Å². The van der Waals surface area contributed by atoms with Crippen LogP contribution in [-0.2, 0) is 0 Å². The lowest BCUT2D eigenvalue weighted by molar-refractivity contribution is 0.998. The fourth-order valence-electron chi connectivity index (χ4n) is 0.544. The van der Waals surface area contributed by atoms with Crippen molar-refractivity contribution >= 4 is 12.4 Å². The topological polar surface area (TPSA) is 45.8 Å². The highest BCUT2D eigenvalue weighted by Gasteiger charge is 1.89. The second kappa shape index (κ2) is 3.37. The molecule has 0 aromatic carbocycles. The molecule has 0 aliphatic rings. The molecule has 3 nitrogen and oxygen atoms in total. The molecule has 1 N–H and O–H groups in total. The number of hydrogen-bond acceptors (Lipinski definition) is 2. The largest absolute Gasteiger partial charge is 0.345 e. The number of H-pyrrole nitrogens is 1. The summed E-state index contributed by atoms with van der Waals surface area (Å²) >= 11 is 0. The van der Waals surface area contributed by atoms with E-state index in [1.54, 1.807) is 6.20 Å². The number of nitrogens with one attached hydrogen (secondary N) is 1. The number of halogens is 1. The second-order valence-corrected chi connectivity index (χ2v) is 2.00. The fourth-order valence-corrected chi connectivity index (χ4v) is 0.544. The Labute approximate surface area is 64.9 Å². The molecule has 0 spiro atoms. The summed E-state index contributed by atoms with van der Waals surface area (Å²) in [6, 6.07) is 0. The lowest BCUT2D eigenvalue weighted by Gasteiger charge is -1.93. The minimum Gasteiger partial charge on any atom is -0.310 e. The van der Waals surface area contributed by atoms with E-state index in [9.17, 15) is 4.79 Å². The molecule has 1 rings (SSSR count). The van der Waals surface area contributed by atoms with Crippen LogP contribution in [0.5, 0.6) is 0 Å². The number of aryl methyl sites for hydroxylation is 2. The lowest BCUT2D eigenvalue weighted by atomic mass is 10.3. The molecule has 0 saturated carbocycles. The molecule has 0 bridgehead atoms. The van der Waals surface area contributed by atoms with Crippen LogP contribution in [-0.4, -0.2) is 9.97 Å². The minimum absolute atomic E-state index is 0. The highest BCUT2D eigenvalue weighted by atomic mass is 35.5. The van der Waals surface area contributed by atoms with E-state index < -0.39 is 0 Å². The Morgan fingerprint density at radius 2 is 2.10 bits per heavy atom. The van der Waals surface area contributed by atoms with Crippen LogP contribution in [0.25, 0.3) is 0 Å². The predicted octanol–water partition coefficient (Wildman–Crippen LogP) is 0.809. The van der Waals surface area contributed by atoms with Crippen molar-refractivity contribution in [1.29, 1.82) is 0 Å². The summed E-state index contributed by atoms with van der Waals surface area (Å²) in [5.74, 6) is 0. The van der Waals surface area contributed by atoms with Crippen molar-refractivity contribution in [3.63, 3.8) is 0 Å². The molecule has 0 saturated heterocycles. The number of rotatable bonds is 0. The maximum atomic E-state index is 10.5. The quantitative estimate of drug-likeness (QED) is 0.611. The molecule has 0 amide bonds. The van der Waals surface area contributed by atoms with Gasteiger partial charge in [-0.05, 0) is 19.4 Å². The Hall–Kier alpha value is -0.830. The Morgan fingerprint density at radius 3 is 2.50 bits per heavy atom. The molecular formula is C6H9ClN2O. The predicted molar refractivity (Wildman–Crippen MR) is 41.6 cm³/mol. The van der Waals surface area contributed by atoms with Gasteiger partial charge in [0.25, 0.3) is 0 Å². The van der Waals surface area contributed by atoms with Crippen molar-refractivity contribution in [2.24, 2.45) is 0 Å². The van der Waals surface area contributed by atoms with E-state index in [0.717, 1.165) is 11.3 Å². The van der Waals surface area contributed by atoms with Gasteiger partial charge in [-0.1, -0.05) is 0 Å². The maximum Gasteiger partial charge on any atom is 0.345 e. The van der Waals surface area contributed by atoms with E-state index in [4.69, 9.17) is 0 Å². The molecule has 1 heterocycles. The van der Waals surface area contributed by atoms with Crippen molar-refractivity contribution in [2.75, 3.05) is 0 Å². The highest BCUT2D eigenvalue weighted by molar-refractivity contribution is 5.85. The first-order valence-corrected chi connectivity index (χ1v) is 2.72. The van der Waals surface area contributed by atoms with Gasteiger partial charge in [0.15, 0.2) is 0 Å². The normalized spacial score (nSPS) is 8.60. The molecule has 0 aliphatic heterocycles. The van der Waals surface area contributed by atoms with Gasteiger partial charge in [0.05, 0.1) is 0 Å². The number of nitrogens with zero attached hydrogens (tertiary/aromatic N) is 1. The average molecular weight is 161 g/mol. The summed E-state index contributed by atoms with van der Waals surface area (Å²) in [6.45, 7) is 3.75. The third-order valence-electron chi connectivity index (χ3n) is 1.26.